The number of rotatable bonds is 3. The lowest BCUT2D eigenvalue weighted by molar-refractivity contribution is 0.0600. The molecule has 1 heterocycles. The number of hydrogen-bond donors (Lipinski definition) is 1. The minimum absolute atomic E-state index is 0.0368. The van der Waals surface area contributed by atoms with Gasteiger partial charge in [-0.2, -0.15) is 0 Å². The normalized spacial score (nSPS) is 18.5. The fourth-order valence-corrected chi connectivity index (χ4v) is 1.64. The van der Waals surface area contributed by atoms with Crippen LogP contribution < -0.4 is 5.73 Å². The molecule has 0 amide bonds. The van der Waals surface area contributed by atoms with Gasteiger partial charge in [-0.15, -0.1) is 0 Å². The van der Waals surface area contributed by atoms with Gasteiger partial charge in [0.05, 0.1) is 18.4 Å². The number of carbonyl (C=O) groups excluding carboxylic acids is 1. The molecule has 17 heavy (non-hydrogen) atoms. The predicted octanol–water partition coefficient (Wildman–Crippen LogP) is 0.925. The van der Waals surface area contributed by atoms with Gasteiger partial charge in [0.2, 0.25) is 0 Å². The molecule has 0 spiro atoms. The smallest absolute Gasteiger partial charge is 0.337 e. The van der Waals surface area contributed by atoms with Gasteiger partial charge in [-0.1, -0.05) is 17.3 Å². The third-order valence-electron chi connectivity index (χ3n) is 2.64. The Hall–Kier alpha value is -1.88. The van der Waals surface area contributed by atoms with Crippen molar-refractivity contribution in [3.05, 3.63) is 35.4 Å². The first kappa shape index (κ1) is 11.6. The van der Waals surface area contributed by atoms with E-state index in [4.69, 9.17) is 10.6 Å². The van der Waals surface area contributed by atoms with Crippen LogP contribution in [0.2, 0.25) is 0 Å². The van der Waals surface area contributed by atoms with Gasteiger partial charge in [-0.05, 0) is 17.7 Å². The van der Waals surface area contributed by atoms with Crippen LogP contribution in [0.1, 0.15) is 22.3 Å². The van der Waals surface area contributed by atoms with Gasteiger partial charge in [0.25, 0.3) is 0 Å². The molecule has 2 rings (SSSR count). The van der Waals surface area contributed by atoms with Crippen molar-refractivity contribution in [1.29, 1.82) is 0 Å². The Kier molecular flexibility index (Phi) is 3.39. The van der Waals surface area contributed by atoms with Gasteiger partial charge in [-0.3, -0.25) is 0 Å². The number of methoxy groups -OCH3 is 1. The minimum Gasteiger partial charge on any atom is -0.465 e. The molecule has 0 bridgehead atoms. The van der Waals surface area contributed by atoms with Crippen LogP contribution in [-0.2, 0) is 9.57 Å². The summed E-state index contributed by atoms with van der Waals surface area (Å²) >= 11 is 0. The van der Waals surface area contributed by atoms with Crippen molar-refractivity contribution >= 4 is 11.7 Å². The fourth-order valence-electron chi connectivity index (χ4n) is 1.64. The van der Waals surface area contributed by atoms with Crippen LogP contribution in [0.5, 0.6) is 0 Å². The summed E-state index contributed by atoms with van der Waals surface area (Å²) in [5, 5.41) is 3.97. The first-order valence-electron chi connectivity index (χ1n) is 5.36. The highest BCUT2D eigenvalue weighted by molar-refractivity contribution is 6.02. The zero-order valence-electron chi connectivity index (χ0n) is 9.55. The van der Waals surface area contributed by atoms with Crippen molar-refractivity contribution in [3.63, 3.8) is 0 Å². The quantitative estimate of drug-likeness (QED) is 0.789. The van der Waals surface area contributed by atoms with Crippen LogP contribution in [0.15, 0.2) is 29.4 Å². The Morgan fingerprint density at radius 2 is 2.24 bits per heavy atom. The highest BCUT2D eigenvalue weighted by Gasteiger charge is 2.20. The molecule has 0 aromatic heterocycles. The molecule has 0 unspecified atom stereocenters. The van der Waals surface area contributed by atoms with E-state index >= 15 is 0 Å². The van der Waals surface area contributed by atoms with E-state index in [1.54, 1.807) is 12.1 Å². The molecule has 1 aliphatic heterocycles. The first-order valence-corrected chi connectivity index (χ1v) is 5.36. The molecule has 5 nitrogen and oxygen atoms in total. The third kappa shape index (κ3) is 2.45. The fraction of sp³-hybridized carbons (Fsp3) is 0.333. The Morgan fingerprint density at radius 1 is 1.53 bits per heavy atom. The van der Waals surface area contributed by atoms with Crippen molar-refractivity contribution in [2.24, 2.45) is 10.9 Å². The van der Waals surface area contributed by atoms with Crippen molar-refractivity contribution < 1.29 is 14.4 Å². The molecule has 90 valence electrons. The summed E-state index contributed by atoms with van der Waals surface area (Å²) in [6, 6.07) is 7.07. The largest absolute Gasteiger partial charge is 0.465 e. The van der Waals surface area contributed by atoms with Crippen LogP contribution >= 0.6 is 0 Å². The number of benzene rings is 1. The number of nitrogens with two attached hydrogens (primary N) is 1. The zero-order chi connectivity index (χ0) is 12.3. The summed E-state index contributed by atoms with van der Waals surface area (Å²) in [5.41, 5.74) is 7.81. The number of hydrogen-bond acceptors (Lipinski definition) is 5. The molecule has 2 N–H and O–H groups in total. The Balaban J connectivity index is 2.11. The van der Waals surface area contributed by atoms with Gasteiger partial charge in [0, 0.05) is 13.0 Å². The Labute approximate surface area is 99.2 Å². The van der Waals surface area contributed by atoms with Crippen molar-refractivity contribution in [3.8, 4) is 0 Å². The molecule has 5 heteroatoms. The zero-order valence-corrected chi connectivity index (χ0v) is 9.55. The van der Waals surface area contributed by atoms with Gasteiger partial charge >= 0.3 is 5.97 Å². The highest BCUT2D eigenvalue weighted by Crippen LogP contribution is 2.16. The average Bonchev–Trinajstić information content (AvgIpc) is 2.87. The number of ether oxygens (including phenoxy) is 1. The summed E-state index contributed by atoms with van der Waals surface area (Å²) in [4.78, 5) is 16.4. The van der Waals surface area contributed by atoms with Crippen molar-refractivity contribution in [1.82, 2.24) is 0 Å². The number of esters is 1. The van der Waals surface area contributed by atoms with Crippen LogP contribution in [0.3, 0.4) is 0 Å². The van der Waals surface area contributed by atoms with Gasteiger partial charge in [-0.25, -0.2) is 4.79 Å². The lowest BCUT2D eigenvalue weighted by Crippen LogP contribution is -2.20. The summed E-state index contributed by atoms with van der Waals surface area (Å²) < 4.78 is 4.63. The summed E-state index contributed by atoms with van der Waals surface area (Å²) in [7, 11) is 1.36. The topological polar surface area (TPSA) is 73.9 Å². The van der Waals surface area contributed by atoms with Crippen molar-refractivity contribution in [2.45, 2.75) is 12.5 Å². The molecule has 1 aromatic carbocycles. The van der Waals surface area contributed by atoms with E-state index in [-0.39, 0.29) is 12.1 Å². The van der Waals surface area contributed by atoms with E-state index in [9.17, 15) is 4.79 Å². The second-order valence-electron chi connectivity index (χ2n) is 3.77. The maximum Gasteiger partial charge on any atom is 0.337 e. The van der Waals surface area contributed by atoms with Gasteiger partial charge in [0.15, 0.2) is 0 Å². The molecule has 1 aromatic rings. The van der Waals surface area contributed by atoms with Gasteiger partial charge < -0.3 is 15.3 Å². The number of carbonyl (C=O) groups is 1. The third-order valence-corrected chi connectivity index (χ3v) is 2.64. The molecule has 1 aliphatic rings. The molecule has 0 radical (unpaired) electrons. The van der Waals surface area contributed by atoms with E-state index in [0.717, 1.165) is 11.3 Å². The summed E-state index contributed by atoms with van der Waals surface area (Å²) in [5.74, 6) is -0.346. The number of oxime groups is 1. The lowest BCUT2D eigenvalue weighted by Gasteiger charge is -2.03. The van der Waals surface area contributed by atoms with Crippen LogP contribution in [0.4, 0.5) is 0 Å². The standard InChI is InChI=1S/C12H14N2O3/c1-16-12(15)9-4-2-8(3-5-9)11-6-10(7-13)17-14-11/h2-5,10H,6-7,13H2,1H3/t10-/m1/s1. The molecular formula is C12H14N2O3. The number of nitrogens with zero attached hydrogens (tertiary/aromatic N) is 1. The predicted molar refractivity (Wildman–Crippen MR) is 62.9 cm³/mol. The monoisotopic (exact) mass is 234 g/mol. The molecule has 0 aliphatic carbocycles. The molecular weight excluding hydrogens is 220 g/mol. The van der Waals surface area contributed by atoms with Crippen LogP contribution in [0.25, 0.3) is 0 Å². The van der Waals surface area contributed by atoms with E-state index < -0.39 is 0 Å². The van der Waals surface area contributed by atoms with E-state index in [2.05, 4.69) is 9.89 Å². The van der Waals surface area contributed by atoms with E-state index in [1.165, 1.54) is 7.11 Å². The lowest BCUT2D eigenvalue weighted by atomic mass is 10.0. The molecule has 0 saturated heterocycles. The maximum atomic E-state index is 11.3. The second kappa shape index (κ2) is 4.97. The second-order valence-corrected chi connectivity index (χ2v) is 3.77. The minimum atomic E-state index is -0.346. The van der Waals surface area contributed by atoms with Crippen LogP contribution in [0, 0.1) is 0 Å². The van der Waals surface area contributed by atoms with Gasteiger partial charge in [0.1, 0.15) is 6.10 Å². The molecule has 0 fully saturated rings. The Bertz CT molecular complexity index is 440. The van der Waals surface area contributed by atoms with E-state index in [1.807, 2.05) is 12.1 Å². The highest BCUT2D eigenvalue weighted by atomic mass is 16.6. The SMILES string of the molecule is COC(=O)c1ccc(C2=NO[C@@H](CN)C2)cc1. The summed E-state index contributed by atoms with van der Waals surface area (Å²) in [6.45, 7) is 0.452. The average molecular weight is 234 g/mol. The first-order chi connectivity index (χ1) is 8.24. The maximum absolute atomic E-state index is 11.3. The Morgan fingerprint density at radius 3 is 2.76 bits per heavy atom. The summed E-state index contributed by atoms with van der Waals surface area (Å²) in [6.07, 6.45) is 0.666. The van der Waals surface area contributed by atoms with Crippen LogP contribution in [-0.4, -0.2) is 31.4 Å². The molecule has 0 saturated carbocycles. The molecule has 1 atom stereocenters. The van der Waals surface area contributed by atoms with Crippen molar-refractivity contribution in [2.75, 3.05) is 13.7 Å². The van der Waals surface area contributed by atoms with E-state index in [0.29, 0.717) is 18.5 Å².